The van der Waals surface area contributed by atoms with Crippen LogP contribution in [0.4, 0.5) is 0 Å². The van der Waals surface area contributed by atoms with Crippen molar-refractivity contribution in [3.8, 4) is 0 Å². The van der Waals surface area contributed by atoms with Crippen molar-refractivity contribution in [2.75, 3.05) is 19.6 Å². The van der Waals surface area contributed by atoms with Crippen LogP contribution in [0.15, 0.2) is 12.1 Å². The van der Waals surface area contributed by atoms with E-state index < -0.39 is 11.5 Å². The lowest BCUT2D eigenvalue weighted by atomic mass is 9.71. The van der Waals surface area contributed by atoms with Gasteiger partial charge in [-0.3, -0.25) is 14.6 Å². The standard InChI is InChI=1S/C17H23N3O3/c1-11-8-13(9-12(2)19-11)15(22)20-7-4-14(21)17(10-20)5-3-6-18-16(17)23/h8-9,14,21H,3-7,10H2,1-2H3,(H,18,23)/t14-,17+/m0/s1. The molecule has 3 heterocycles. The second-order valence-corrected chi connectivity index (χ2v) is 6.69. The van der Waals surface area contributed by atoms with E-state index in [0.717, 1.165) is 17.8 Å². The molecule has 1 spiro atoms. The summed E-state index contributed by atoms with van der Waals surface area (Å²) in [6.07, 6.45) is 1.20. The minimum Gasteiger partial charge on any atom is -0.392 e. The van der Waals surface area contributed by atoms with Gasteiger partial charge in [-0.25, -0.2) is 0 Å². The lowest BCUT2D eigenvalue weighted by molar-refractivity contribution is -0.147. The van der Waals surface area contributed by atoms with Crippen LogP contribution in [-0.2, 0) is 4.79 Å². The lowest BCUT2D eigenvalue weighted by Gasteiger charge is -2.46. The van der Waals surface area contributed by atoms with Gasteiger partial charge in [-0.05, 0) is 45.2 Å². The van der Waals surface area contributed by atoms with Crippen LogP contribution in [0.5, 0.6) is 0 Å². The number of nitrogens with zero attached hydrogens (tertiary/aromatic N) is 2. The van der Waals surface area contributed by atoms with Gasteiger partial charge >= 0.3 is 0 Å². The molecule has 0 saturated carbocycles. The van der Waals surface area contributed by atoms with Crippen LogP contribution in [0.3, 0.4) is 0 Å². The monoisotopic (exact) mass is 317 g/mol. The summed E-state index contributed by atoms with van der Waals surface area (Å²) in [5, 5.41) is 13.2. The Morgan fingerprint density at radius 3 is 2.74 bits per heavy atom. The van der Waals surface area contributed by atoms with E-state index in [2.05, 4.69) is 10.3 Å². The molecule has 2 saturated heterocycles. The number of nitrogens with one attached hydrogen (secondary N) is 1. The highest BCUT2D eigenvalue weighted by atomic mass is 16.3. The van der Waals surface area contributed by atoms with Crippen LogP contribution < -0.4 is 5.32 Å². The van der Waals surface area contributed by atoms with E-state index in [-0.39, 0.29) is 18.4 Å². The van der Waals surface area contributed by atoms with Gasteiger partial charge in [0.1, 0.15) is 0 Å². The second-order valence-electron chi connectivity index (χ2n) is 6.69. The van der Waals surface area contributed by atoms with E-state index in [1.165, 1.54) is 0 Å². The van der Waals surface area contributed by atoms with Crippen molar-refractivity contribution in [1.82, 2.24) is 15.2 Å². The Labute approximate surface area is 135 Å². The SMILES string of the molecule is Cc1cc(C(=O)N2CC[C@H](O)[C@@]3(CCCNC3=O)C2)cc(C)n1. The van der Waals surface area contributed by atoms with Crippen molar-refractivity contribution in [3.05, 3.63) is 29.1 Å². The van der Waals surface area contributed by atoms with E-state index >= 15 is 0 Å². The van der Waals surface area contributed by atoms with Gasteiger partial charge in [0, 0.05) is 36.6 Å². The minimum atomic E-state index is -0.858. The van der Waals surface area contributed by atoms with Crippen molar-refractivity contribution >= 4 is 11.8 Å². The van der Waals surface area contributed by atoms with E-state index in [4.69, 9.17) is 0 Å². The Hall–Kier alpha value is -1.95. The normalized spacial score (nSPS) is 27.9. The number of carbonyl (C=O) groups excluding carboxylic acids is 2. The number of aromatic nitrogens is 1. The van der Waals surface area contributed by atoms with Gasteiger partial charge in [0.25, 0.3) is 5.91 Å². The molecule has 0 radical (unpaired) electrons. The lowest BCUT2D eigenvalue weighted by Crippen LogP contribution is -2.62. The topological polar surface area (TPSA) is 82.5 Å². The average Bonchev–Trinajstić information content (AvgIpc) is 2.51. The van der Waals surface area contributed by atoms with Crippen LogP contribution in [0.2, 0.25) is 0 Å². The quantitative estimate of drug-likeness (QED) is 0.803. The Kier molecular flexibility index (Phi) is 4.10. The third kappa shape index (κ3) is 2.83. The molecule has 3 rings (SSSR count). The van der Waals surface area contributed by atoms with Crippen LogP contribution in [-0.4, -0.2) is 52.5 Å². The summed E-state index contributed by atoms with van der Waals surface area (Å²) in [6.45, 7) is 5.11. The minimum absolute atomic E-state index is 0.0942. The van der Waals surface area contributed by atoms with E-state index in [1.54, 1.807) is 17.0 Å². The molecule has 2 aliphatic rings. The number of hydrogen-bond acceptors (Lipinski definition) is 4. The van der Waals surface area contributed by atoms with Gasteiger partial charge < -0.3 is 15.3 Å². The van der Waals surface area contributed by atoms with Crippen molar-refractivity contribution in [1.29, 1.82) is 0 Å². The van der Waals surface area contributed by atoms with E-state index in [0.29, 0.717) is 31.5 Å². The third-order valence-corrected chi connectivity index (χ3v) is 4.94. The predicted octanol–water partition coefficient (Wildman–Crippen LogP) is 0.802. The second kappa shape index (κ2) is 5.92. The molecule has 6 nitrogen and oxygen atoms in total. The van der Waals surface area contributed by atoms with Crippen LogP contribution in [0, 0.1) is 19.3 Å². The van der Waals surface area contributed by atoms with Crippen molar-refractivity contribution in [3.63, 3.8) is 0 Å². The first-order chi connectivity index (χ1) is 10.9. The Morgan fingerprint density at radius 2 is 2.09 bits per heavy atom. The molecule has 0 aromatic carbocycles. The first-order valence-corrected chi connectivity index (χ1v) is 8.13. The number of aryl methyl sites for hydroxylation is 2. The summed E-state index contributed by atoms with van der Waals surface area (Å²) in [7, 11) is 0. The maximum Gasteiger partial charge on any atom is 0.254 e. The molecule has 1 aromatic rings. The molecule has 1 aromatic heterocycles. The molecular formula is C17H23N3O3. The Balaban J connectivity index is 1.86. The first kappa shape index (κ1) is 15.9. The summed E-state index contributed by atoms with van der Waals surface area (Å²) in [5.74, 6) is -0.223. The molecule has 2 atom stereocenters. The highest BCUT2D eigenvalue weighted by Crippen LogP contribution is 2.37. The molecule has 2 amide bonds. The van der Waals surface area contributed by atoms with Crippen LogP contribution in [0.25, 0.3) is 0 Å². The number of carbonyl (C=O) groups is 2. The molecule has 2 fully saturated rings. The third-order valence-electron chi connectivity index (χ3n) is 4.94. The summed E-state index contributed by atoms with van der Waals surface area (Å²) >= 11 is 0. The maximum atomic E-state index is 12.8. The number of aliphatic hydroxyl groups excluding tert-OH is 1. The molecular weight excluding hydrogens is 294 g/mol. The molecule has 0 bridgehead atoms. The molecule has 6 heteroatoms. The molecule has 2 aliphatic heterocycles. The number of pyridine rings is 1. The Morgan fingerprint density at radius 1 is 1.39 bits per heavy atom. The number of hydrogen-bond donors (Lipinski definition) is 2. The molecule has 0 aliphatic carbocycles. The number of aliphatic hydroxyl groups is 1. The molecule has 23 heavy (non-hydrogen) atoms. The smallest absolute Gasteiger partial charge is 0.254 e. The fourth-order valence-electron chi connectivity index (χ4n) is 3.76. The van der Waals surface area contributed by atoms with Gasteiger partial charge in [0.05, 0.1) is 11.5 Å². The van der Waals surface area contributed by atoms with Crippen molar-refractivity contribution in [2.24, 2.45) is 5.41 Å². The van der Waals surface area contributed by atoms with Gasteiger partial charge in [-0.15, -0.1) is 0 Å². The fourth-order valence-corrected chi connectivity index (χ4v) is 3.76. The highest BCUT2D eigenvalue weighted by Gasteiger charge is 2.50. The number of piperidine rings is 2. The van der Waals surface area contributed by atoms with Gasteiger partial charge in [-0.1, -0.05) is 0 Å². The zero-order valence-corrected chi connectivity index (χ0v) is 13.6. The van der Waals surface area contributed by atoms with Crippen molar-refractivity contribution < 1.29 is 14.7 Å². The molecule has 2 N–H and O–H groups in total. The van der Waals surface area contributed by atoms with Gasteiger partial charge in [0.2, 0.25) is 5.91 Å². The summed E-state index contributed by atoms with van der Waals surface area (Å²) in [5.41, 5.74) is 1.34. The summed E-state index contributed by atoms with van der Waals surface area (Å²) in [4.78, 5) is 31.2. The number of amides is 2. The molecule has 124 valence electrons. The van der Waals surface area contributed by atoms with Crippen LogP contribution in [0.1, 0.15) is 41.0 Å². The number of rotatable bonds is 1. The zero-order chi connectivity index (χ0) is 16.6. The van der Waals surface area contributed by atoms with Crippen LogP contribution >= 0.6 is 0 Å². The van der Waals surface area contributed by atoms with E-state index in [9.17, 15) is 14.7 Å². The number of likely N-dealkylation sites (tertiary alicyclic amines) is 1. The Bertz CT molecular complexity index is 626. The molecule has 0 unspecified atom stereocenters. The van der Waals surface area contributed by atoms with Gasteiger partial charge in [-0.2, -0.15) is 0 Å². The summed E-state index contributed by atoms with van der Waals surface area (Å²) < 4.78 is 0. The highest BCUT2D eigenvalue weighted by molar-refractivity contribution is 5.95. The predicted molar refractivity (Wildman–Crippen MR) is 84.9 cm³/mol. The first-order valence-electron chi connectivity index (χ1n) is 8.13. The average molecular weight is 317 g/mol. The van der Waals surface area contributed by atoms with E-state index in [1.807, 2.05) is 13.8 Å². The zero-order valence-electron chi connectivity index (χ0n) is 13.6. The fraction of sp³-hybridized carbons (Fsp3) is 0.588. The maximum absolute atomic E-state index is 12.8. The van der Waals surface area contributed by atoms with Gasteiger partial charge in [0.15, 0.2) is 0 Å². The largest absolute Gasteiger partial charge is 0.392 e. The summed E-state index contributed by atoms with van der Waals surface area (Å²) in [6, 6.07) is 3.54. The van der Waals surface area contributed by atoms with Crippen molar-refractivity contribution in [2.45, 2.75) is 39.2 Å².